The van der Waals surface area contributed by atoms with E-state index in [2.05, 4.69) is 23.5 Å². The van der Waals surface area contributed by atoms with E-state index in [0.29, 0.717) is 0 Å². The molecule has 1 aromatic rings. The lowest BCUT2D eigenvalue weighted by Crippen LogP contribution is -2.34. The highest BCUT2D eigenvalue weighted by Crippen LogP contribution is 2.06. The van der Waals surface area contributed by atoms with Gasteiger partial charge in [-0.3, -0.25) is 4.98 Å². The fourth-order valence-electron chi connectivity index (χ4n) is 0.917. The van der Waals surface area contributed by atoms with Crippen LogP contribution in [0.5, 0.6) is 0 Å². The predicted molar refractivity (Wildman–Crippen MR) is 45.2 cm³/mol. The van der Waals surface area contributed by atoms with Crippen LogP contribution in [0.3, 0.4) is 0 Å². The van der Waals surface area contributed by atoms with E-state index in [1.54, 1.807) is 6.20 Å². The van der Waals surface area contributed by atoms with Gasteiger partial charge in [0.15, 0.2) is 0 Å². The van der Waals surface area contributed by atoms with E-state index in [1.807, 2.05) is 24.2 Å². The molecule has 11 heavy (non-hydrogen) atoms. The zero-order valence-electron chi connectivity index (χ0n) is 6.83. The summed E-state index contributed by atoms with van der Waals surface area (Å²) in [6.07, 6.45) is 4.60. The summed E-state index contributed by atoms with van der Waals surface area (Å²) in [5.41, 5.74) is 4.00. The minimum absolute atomic E-state index is 0.901. The summed E-state index contributed by atoms with van der Waals surface area (Å²) in [4.78, 5) is 3.89. The van der Waals surface area contributed by atoms with E-state index in [9.17, 15) is 0 Å². The van der Waals surface area contributed by atoms with Gasteiger partial charge in [0.1, 0.15) is 6.20 Å². The highest BCUT2D eigenvalue weighted by atomic mass is 15.5. The van der Waals surface area contributed by atoms with Crippen LogP contribution in [0.25, 0.3) is 0 Å². The van der Waals surface area contributed by atoms with Gasteiger partial charge < -0.3 is 5.01 Å². The van der Waals surface area contributed by atoms with Gasteiger partial charge in [0.25, 0.3) is 0 Å². The first-order valence-corrected chi connectivity index (χ1v) is 3.66. The first-order valence-electron chi connectivity index (χ1n) is 3.66. The number of nitrogens with one attached hydrogen (secondary N) is 1. The smallest absolute Gasteiger partial charge is 0.115 e. The molecule has 0 saturated heterocycles. The molecule has 1 N–H and O–H groups in total. The average molecular weight is 150 g/mol. The Morgan fingerprint density at radius 3 is 3.00 bits per heavy atom. The van der Waals surface area contributed by atoms with Crippen molar-refractivity contribution in [1.29, 1.82) is 0 Å². The summed E-state index contributed by atoms with van der Waals surface area (Å²) < 4.78 is 0. The van der Waals surface area contributed by atoms with E-state index in [1.165, 1.54) is 0 Å². The molecule has 0 aliphatic heterocycles. The van der Waals surface area contributed by atoms with Crippen LogP contribution < -0.4 is 10.4 Å². The van der Waals surface area contributed by atoms with Crippen molar-refractivity contribution in [1.82, 2.24) is 10.4 Å². The molecule has 1 rings (SSSR count). The van der Waals surface area contributed by atoms with Gasteiger partial charge in [-0.25, -0.2) is 5.43 Å². The van der Waals surface area contributed by atoms with Gasteiger partial charge in [-0.1, -0.05) is 0 Å². The van der Waals surface area contributed by atoms with Gasteiger partial charge in [-0.15, -0.1) is 0 Å². The third-order valence-corrected chi connectivity index (χ3v) is 1.47. The molecule has 3 nitrogen and oxygen atoms in total. The molecule has 1 heterocycles. The third-order valence-electron chi connectivity index (χ3n) is 1.47. The number of rotatable bonds is 3. The van der Waals surface area contributed by atoms with Crippen molar-refractivity contribution in [2.24, 2.45) is 0 Å². The number of anilines is 1. The molecule has 1 radical (unpaired) electrons. The average Bonchev–Trinajstić information content (AvgIpc) is 2.09. The highest BCUT2D eigenvalue weighted by molar-refractivity contribution is 5.40. The third kappa shape index (κ3) is 1.91. The maximum atomic E-state index is 3.89. The predicted octanol–water partition coefficient (Wildman–Crippen LogP) is 0.842. The van der Waals surface area contributed by atoms with Crippen molar-refractivity contribution in [3.63, 3.8) is 0 Å². The Morgan fingerprint density at radius 2 is 2.55 bits per heavy atom. The summed E-state index contributed by atoms with van der Waals surface area (Å²) >= 11 is 0. The fourth-order valence-corrected chi connectivity index (χ4v) is 0.917. The Kier molecular flexibility index (Phi) is 2.86. The zero-order chi connectivity index (χ0) is 8.10. The van der Waals surface area contributed by atoms with Gasteiger partial charge in [-0.2, -0.15) is 0 Å². The summed E-state index contributed by atoms with van der Waals surface area (Å²) in [5.74, 6) is 0. The lowest BCUT2D eigenvalue weighted by molar-refractivity contribution is 0.724. The number of hydrogen-bond donors (Lipinski definition) is 1. The molecule has 0 aliphatic carbocycles. The molecule has 0 bridgehead atoms. The van der Waals surface area contributed by atoms with E-state index >= 15 is 0 Å². The van der Waals surface area contributed by atoms with Gasteiger partial charge in [0, 0.05) is 19.8 Å². The molecular weight excluding hydrogens is 138 g/mol. The van der Waals surface area contributed by atoms with E-state index < -0.39 is 0 Å². The fraction of sp³-hybridized carbons (Fsp3) is 0.375. The van der Waals surface area contributed by atoms with Crippen LogP contribution in [0.15, 0.2) is 18.3 Å². The monoisotopic (exact) mass is 150 g/mol. The van der Waals surface area contributed by atoms with E-state index in [-0.39, 0.29) is 0 Å². The van der Waals surface area contributed by atoms with Crippen LogP contribution in [0.2, 0.25) is 0 Å². The number of aromatic nitrogens is 1. The molecule has 0 unspecified atom stereocenters. The van der Waals surface area contributed by atoms with Gasteiger partial charge >= 0.3 is 0 Å². The van der Waals surface area contributed by atoms with Crippen molar-refractivity contribution in [3.05, 3.63) is 24.5 Å². The second-order valence-corrected chi connectivity index (χ2v) is 2.10. The van der Waals surface area contributed by atoms with Crippen LogP contribution >= 0.6 is 0 Å². The maximum absolute atomic E-state index is 3.89. The molecule has 0 saturated carbocycles. The molecule has 1 aromatic heterocycles. The number of pyridine rings is 1. The Balaban J connectivity index is 2.74. The Hall–Kier alpha value is -1.09. The van der Waals surface area contributed by atoms with Crippen molar-refractivity contribution in [2.45, 2.75) is 6.92 Å². The van der Waals surface area contributed by atoms with Crippen LogP contribution in [-0.4, -0.2) is 18.6 Å². The SMILES string of the molecule is CCN(NC)c1[c]nccc1. The first kappa shape index (κ1) is 8.01. The standard InChI is InChI=1S/C8H12N3/c1-3-11(9-2)8-5-4-6-10-7-8/h4-6,9H,3H2,1-2H3. The van der Waals surface area contributed by atoms with E-state index in [0.717, 1.165) is 12.2 Å². The molecular formula is C8H12N3. The van der Waals surface area contributed by atoms with Gasteiger partial charge in [-0.05, 0) is 19.1 Å². The Labute approximate surface area is 67.0 Å². The maximum Gasteiger partial charge on any atom is 0.115 e. The van der Waals surface area contributed by atoms with Crippen LogP contribution in [0.1, 0.15) is 6.92 Å². The Bertz CT molecular complexity index is 194. The second-order valence-electron chi connectivity index (χ2n) is 2.10. The molecule has 0 atom stereocenters. The molecule has 0 aliphatic rings. The molecule has 0 spiro atoms. The second kappa shape index (κ2) is 3.93. The number of nitrogens with zero attached hydrogens (tertiary/aromatic N) is 2. The highest BCUT2D eigenvalue weighted by Gasteiger charge is 1.98. The molecule has 0 fully saturated rings. The summed E-state index contributed by atoms with van der Waals surface area (Å²) in [6, 6.07) is 3.86. The van der Waals surface area contributed by atoms with Crippen LogP contribution in [0.4, 0.5) is 5.69 Å². The first-order chi connectivity index (χ1) is 5.38. The number of hydrogen-bond acceptors (Lipinski definition) is 3. The zero-order valence-corrected chi connectivity index (χ0v) is 6.83. The lowest BCUT2D eigenvalue weighted by atomic mass is 10.4. The summed E-state index contributed by atoms with van der Waals surface area (Å²) in [5, 5.41) is 1.97. The van der Waals surface area contributed by atoms with Crippen molar-refractivity contribution >= 4 is 5.69 Å². The summed E-state index contributed by atoms with van der Waals surface area (Å²) in [7, 11) is 1.88. The normalized spacial score (nSPS) is 9.64. The van der Waals surface area contributed by atoms with Crippen LogP contribution in [-0.2, 0) is 0 Å². The lowest BCUT2D eigenvalue weighted by Gasteiger charge is -2.19. The van der Waals surface area contributed by atoms with Crippen molar-refractivity contribution in [3.8, 4) is 0 Å². The molecule has 0 amide bonds. The summed E-state index contributed by atoms with van der Waals surface area (Å²) in [6.45, 7) is 2.97. The van der Waals surface area contributed by atoms with E-state index in [4.69, 9.17) is 0 Å². The quantitative estimate of drug-likeness (QED) is 0.647. The van der Waals surface area contributed by atoms with Crippen molar-refractivity contribution in [2.75, 3.05) is 18.6 Å². The topological polar surface area (TPSA) is 28.2 Å². The largest absolute Gasteiger partial charge is 0.307 e. The minimum atomic E-state index is 0.901. The molecule has 59 valence electrons. The molecule has 3 heteroatoms. The van der Waals surface area contributed by atoms with Crippen LogP contribution in [0, 0.1) is 6.20 Å². The Morgan fingerprint density at radius 1 is 1.73 bits per heavy atom. The molecule has 0 aromatic carbocycles. The van der Waals surface area contributed by atoms with Crippen molar-refractivity contribution < 1.29 is 0 Å². The van der Waals surface area contributed by atoms with Gasteiger partial charge in [0.2, 0.25) is 0 Å². The minimum Gasteiger partial charge on any atom is -0.307 e. The number of hydrazine groups is 1. The van der Waals surface area contributed by atoms with Gasteiger partial charge in [0.05, 0.1) is 5.69 Å².